The maximum atomic E-state index is 11.5. The van der Waals surface area contributed by atoms with Gasteiger partial charge in [-0.2, -0.15) is 0 Å². The molecule has 96 valence electrons. The summed E-state index contributed by atoms with van der Waals surface area (Å²) in [4.78, 5) is 21.6. The molecule has 0 saturated carbocycles. The Labute approximate surface area is 104 Å². The predicted octanol–water partition coefficient (Wildman–Crippen LogP) is 1.30. The second kappa shape index (κ2) is 4.73. The van der Waals surface area contributed by atoms with Crippen molar-refractivity contribution in [2.75, 3.05) is 13.1 Å². The largest absolute Gasteiger partial charge is 0.481 e. The van der Waals surface area contributed by atoms with E-state index in [-0.39, 0.29) is 5.69 Å². The topological polar surface area (TPSA) is 92.5 Å². The summed E-state index contributed by atoms with van der Waals surface area (Å²) in [5.41, 5.74) is -0.372. The van der Waals surface area contributed by atoms with Gasteiger partial charge in [-0.1, -0.05) is 12.1 Å². The third kappa shape index (κ3) is 2.06. The summed E-state index contributed by atoms with van der Waals surface area (Å²) in [5, 5.41) is 23.1. The Bertz CT molecular complexity index is 463. The number of nitro benzene ring substituents is 1. The van der Waals surface area contributed by atoms with Gasteiger partial charge in [-0.05, 0) is 24.9 Å². The zero-order valence-electron chi connectivity index (χ0n) is 9.76. The van der Waals surface area contributed by atoms with Crippen LogP contribution in [0.5, 0.6) is 0 Å². The van der Waals surface area contributed by atoms with Crippen LogP contribution in [0.4, 0.5) is 5.69 Å². The van der Waals surface area contributed by atoms with Crippen LogP contribution in [0.2, 0.25) is 0 Å². The molecule has 0 spiro atoms. The average molecular weight is 250 g/mol. The van der Waals surface area contributed by atoms with E-state index in [0.29, 0.717) is 18.5 Å². The van der Waals surface area contributed by atoms with Crippen LogP contribution in [0.25, 0.3) is 0 Å². The highest BCUT2D eigenvalue weighted by Gasteiger charge is 2.41. The molecule has 1 aromatic carbocycles. The number of hydrogen-bond donors (Lipinski definition) is 2. The summed E-state index contributed by atoms with van der Waals surface area (Å²) >= 11 is 0. The number of aliphatic carboxylic acids is 1. The molecular formula is C12H14N2O4. The van der Waals surface area contributed by atoms with E-state index < -0.39 is 16.3 Å². The quantitative estimate of drug-likeness (QED) is 0.623. The molecule has 1 heterocycles. The van der Waals surface area contributed by atoms with Crippen LogP contribution in [0.3, 0.4) is 0 Å². The highest BCUT2D eigenvalue weighted by molar-refractivity contribution is 5.82. The van der Waals surface area contributed by atoms with Crippen molar-refractivity contribution in [3.05, 3.63) is 39.9 Å². The zero-order valence-corrected chi connectivity index (χ0v) is 9.76. The van der Waals surface area contributed by atoms with Gasteiger partial charge in [0.25, 0.3) is 5.69 Å². The van der Waals surface area contributed by atoms with Crippen molar-refractivity contribution >= 4 is 11.7 Å². The Hall–Kier alpha value is -1.95. The molecule has 1 aliphatic rings. The minimum Gasteiger partial charge on any atom is -0.481 e. The van der Waals surface area contributed by atoms with Gasteiger partial charge >= 0.3 is 5.97 Å². The van der Waals surface area contributed by atoms with Crippen LogP contribution < -0.4 is 5.32 Å². The number of non-ortho nitro benzene ring substituents is 1. The third-order valence-electron chi connectivity index (χ3n) is 3.42. The Kier molecular flexibility index (Phi) is 3.29. The number of carboxylic acid groups (broad SMARTS) is 1. The smallest absolute Gasteiger partial charge is 0.315 e. The number of benzene rings is 1. The van der Waals surface area contributed by atoms with Crippen LogP contribution in [0.1, 0.15) is 18.4 Å². The van der Waals surface area contributed by atoms with E-state index in [1.165, 1.54) is 12.1 Å². The molecule has 18 heavy (non-hydrogen) atoms. The van der Waals surface area contributed by atoms with E-state index in [4.69, 9.17) is 0 Å². The van der Waals surface area contributed by atoms with E-state index in [1.807, 2.05) is 0 Å². The number of hydrogen-bond acceptors (Lipinski definition) is 4. The fourth-order valence-electron chi connectivity index (χ4n) is 2.36. The van der Waals surface area contributed by atoms with Crippen molar-refractivity contribution in [1.82, 2.24) is 5.32 Å². The average Bonchev–Trinajstić information content (AvgIpc) is 2.39. The molecule has 1 aliphatic heterocycles. The first kappa shape index (κ1) is 12.5. The van der Waals surface area contributed by atoms with Crippen molar-refractivity contribution in [2.24, 2.45) is 0 Å². The van der Waals surface area contributed by atoms with Crippen LogP contribution in [-0.4, -0.2) is 29.1 Å². The SMILES string of the molecule is O=C(O)C1(c2ccc([N+](=O)[O-])cc2)CCCNC1. The standard InChI is InChI=1S/C12H14N2O4/c15-11(16)12(6-1-7-13-8-12)9-2-4-10(5-3-9)14(17)18/h2-5,13H,1,6-8H2,(H,15,16). The highest BCUT2D eigenvalue weighted by Crippen LogP contribution is 2.32. The number of piperidine rings is 1. The fraction of sp³-hybridized carbons (Fsp3) is 0.417. The molecule has 0 bridgehead atoms. The van der Waals surface area contributed by atoms with Gasteiger partial charge in [0.2, 0.25) is 0 Å². The van der Waals surface area contributed by atoms with E-state index in [0.717, 1.165) is 13.0 Å². The van der Waals surface area contributed by atoms with E-state index >= 15 is 0 Å². The van der Waals surface area contributed by atoms with Crippen molar-refractivity contribution in [1.29, 1.82) is 0 Å². The van der Waals surface area contributed by atoms with Crippen molar-refractivity contribution in [2.45, 2.75) is 18.3 Å². The summed E-state index contributed by atoms with van der Waals surface area (Å²) in [6, 6.07) is 5.79. The molecule has 1 atom stereocenters. The molecule has 0 amide bonds. The van der Waals surface area contributed by atoms with Crippen molar-refractivity contribution < 1.29 is 14.8 Å². The molecule has 6 nitrogen and oxygen atoms in total. The number of carbonyl (C=O) groups is 1. The maximum Gasteiger partial charge on any atom is 0.315 e. The zero-order chi connectivity index (χ0) is 13.2. The highest BCUT2D eigenvalue weighted by atomic mass is 16.6. The van der Waals surface area contributed by atoms with Gasteiger partial charge in [-0.15, -0.1) is 0 Å². The van der Waals surface area contributed by atoms with E-state index in [1.54, 1.807) is 12.1 Å². The number of rotatable bonds is 3. The molecule has 1 fully saturated rings. The Morgan fingerprint density at radius 2 is 2.06 bits per heavy atom. The second-order valence-corrected chi connectivity index (χ2v) is 4.47. The summed E-state index contributed by atoms with van der Waals surface area (Å²) < 4.78 is 0. The molecular weight excluding hydrogens is 236 g/mol. The molecule has 2 N–H and O–H groups in total. The molecule has 0 radical (unpaired) electrons. The van der Waals surface area contributed by atoms with Gasteiger partial charge in [-0.3, -0.25) is 14.9 Å². The lowest BCUT2D eigenvalue weighted by molar-refractivity contribution is -0.384. The van der Waals surface area contributed by atoms with Gasteiger partial charge in [0, 0.05) is 18.7 Å². The number of nitrogens with zero attached hydrogens (tertiary/aromatic N) is 1. The number of nitro groups is 1. The summed E-state index contributed by atoms with van der Waals surface area (Å²) in [7, 11) is 0. The van der Waals surface area contributed by atoms with E-state index in [9.17, 15) is 20.0 Å². The molecule has 2 rings (SSSR count). The molecule has 1 unspecified atom stereocenters. The monoisotopic (exact) mass is 250 g/mol. The number of carboxylic acids is 1. The molecule has 0 aromatic heterocycles. The molecule has 0 aliphatic carbocycles. The summed E-state index contributed by atoms with van der Waals surface area (Å²) in [6.45, 7) is 1.17. The minimum atomic E-state index is -0.965. The predicted molar refractivity (Wildman–Crippen MR) is 64.5 cm³/mol. The van der Waals surface area contributed by atoms with Crippen LogP contribution in [-0.2, 0) is 10.2 Å². The first-order valence-corrected chi connectivity index (χ1v) is 5.75. The van der Waals surface area contributed by atoms with Gasteiger partial charge in [0.1, 0.15) is 5.41 Å². The lowest BCUT2D eigenvalue weighted by Crippen LogP contribution is -2.48. The van der Waals surface area contributed by atoms with Crippen molar-refractivity contribution in [3.8, 4) is 0 Å². The van der Waals surface area contributed by atoms with Gasteiger partial charge < -0.3 is 10.4 Å². The minimum absolute atomic E-state index is 0.0249. The Balaban J connectivity index is 2.37. The van der Waals surface area contributed by atoms with Crippen LogP contribution >= 0.6 is 0 Å². The summed E-state index contributed by atoms with van der Waals surface area (Å²) in [5.74, 6) is -0.886. The lowest BCUT2D eigenvalue weighted by atomic mass is 9.75. The Morgan fingerprint density at radius 1 is 1.39 bits per heavy atom. The maximum absolute atomic E-state index is 11.5. The first-order chi connectivity index (χ1) is 8.56. The van der Waals surface area contributed by atoms with Gasteiger partial charge in [0.15, 0.2) is 0 Å². The van der Waals surface area contributed by atoms with E-state index in [2.05, 4.69) is 5.32 Å². The molecule has 1 saturated heterocycles. The van der Waals surface area contributed by atoms with Crippen molar-refractivity contribution in [3.63, 3.8) is 0 Å². The molecule has 1 aromatic rings. The van der Waals surface area contributed by atoms with Crippen LogP contribution in [0.15, 0.2) is 24.3 Å². The summed E-state index contributed by atoms with van der Waals surface area (Å²) in [6.07, 6.45) is 1.33. The second-order valence-electron chi connectivity index (χ2n) is 4.47. The Morgan fingerprint density at radius 3 is 2.50 bits per heavy atom. The normalized spacial score (nSPS) is 23.6. The first-order valence-electron chi connectivity index (χ1n) is 5.75. The van der Waals surface area contributed by atoms with Crippen LogP contribution in [0, 0.1) is 10.1 Å². The third-order valence-corrected chi connectivity index (χ3v) is 3.42. The molecule has 6 heteroatoms. The van der Waals surface area contributed by atoms with Gasteiger partial charge in [0.05, 0.1) is 4.92 Å². The fourth-order valence-corrected chi connectivity index (χ4v) is 2.36. The van der Waals surface area contributed by atoms with Gasteiger partial charge in [-0.25, -0.2) is 0 Å². The number of nitrogens with one attached hydrogen (secondary N) is 1. The lowest BCUT2D eigenvalue weighted by Gasteiger charge is -2.34.